The molecule has 0 heterocycles. The topological polar surface area (TPSA) is 136 Å². The van der Waals surface area contributed by atoms with E-state index >= 15 is 0 Å². The minimum absolute atomic E-state index is 0.00659. The van der Waals surface area contributed by atoms with Gasteiger partial charge in [0.1, 0.15) is 12.2 Å². The van der Waals surface area contributed by atoms with Crippen molar-refractivity contribution in [1.82, 2.24) is 0 Å². The van der Waals surface area contributed by atoms with E-state index in [9.17, 15) is 25.5 Å². The predicted molar refractivity (Wildman–Crippen MR) is 127 cm³/mol. The van der Waals surface area contributed by atoms with Gasteiger partial charge in [0.25, 0.3) is 0 Å². The van der Waals surface area contributed by atoms with Crippen LogP contribution < -0.4 is 5.73 Å². The van der Waals surface area contributed by atoms with Gasteiger partial charge in [-0.25, -0.2) is 0 Å². The molecule has 0 aromatic heterocycles. The van der Waals surface area contributed by atoms with Gasteiger partial charge in [0.05, 0.1) is 31.0 Å². The quantitative estimate of drug-likeness (QED) is 0.137. The molecule has 190 valence electrons. The SMILES string of the molecule is CCCCCCCCCCCCCC=C[C@@H](O)[C@@H](N)COC1CC(CO)C(O)C(O)C1O. The number of allylic oxidation sites excluding steroid dienone is 1. The van der Waals surface area contributed by atoms with Crippen molar-refractivity contribution >= 4 is 0 Å². The zero-order valence-electron chi connectivity index (χ0n) is 20.0. The van der Waals surface area contributed by atoms with E-state index in [2.05, 4.69) is 6.92 Å². The van der Waals surface area contributed by atoms with Crippen molar-refractivity contribution in [2.45, 2.75) is 127 Å². The second kappa shape index (κ2) is 17.9. The summed E-state index contributed by atoms with van der Waals surface area (Å²) in [5, 5.41) is 49.3. The molecule has 0 aromatic rings. The van der Waals surface area contributed by atoms with E-state index < -0.39 is 42.5 Å². The molecule has 1 rings (SSSR count). The van der Waals surface area contributed by atoms with Gasteiger partial charge < -0.3 is 36.0 Å². The van der Waals surface area contributed by atoms with E-state index in [0.29, 0.717) is 0 Å². The van der Waals surface area contributed by atoms with Crippen molar-refractivity contribution in [3.63, 3.8) is 0 Å². The average Bonchev–Trinajstić information content (AvgIpc) is 2.79. The number of aliphatic hydroxyl groups is 5. The highest BCUT2D eigenvalue weighted by Crippen LogP contribution is 2.27. The van der Waals surface area contributed by atoms with Crippen molar-refractivity contribution in [3.05, 3.63) is 12.2 Å². The molecule has 0 aliphatic heterocycles. The summed E-state index contributed by atoms with van der Waals surface area (Å²) in [6.45, 7) is 1.95. The van der Waals surface area contributed by atoms with Crippen molar-refractivity contribution in [2.24, 2.45) is 11.7 Å². The Hall–Kier alpha value is -0.540. The molecule has 1 fully saturated rings. The Labute approximate surface area is 194 Å². The van der Waals surface area contributed by atoms with Gasteiger partial charge in [0, 0.05) is 12.5 Å². The van der Waals surface area contributed by atoms with Gasteiger partial charge in [0.15, 0.2) is 0 Å². The summed E-state index contributed by atoms with van der Waals surface area (Å²) >= 11 is 0. The van der Waals surface area contributed by atoms with Crippen LogP contribution in [0, 0.1) is 5.92 Å². The number of hydrogen-bond acceptors (Lipinski definition) is 7. The smallest absolute Gasteiger partial charge is 0.109 e. The van der Waals surface area contributed by atoms with Crippen LogP contribution in [-0.4, -0.2) is 75.3 Å². The van der Waals surface area contributed by atoms with Crippen LogP contribution in [0.15, 0.2) is 12.2 Å². The van der Waals surface area contributed by atoms with E-state index in [1.54, 1.807) is 6.08 Å². The molecule has 7 heteroatoms. The number of ether oxygens (including phenoxy) is 1. The third kappa shape index (κ3) is 11.5. The third-order valence-corrected chi connectivity index (χ3v) is 6.58. The molecule has 0 amide bonds. The highest BCUT2D eigenvalue weighted by Gasteiger charge is 2.43. The van der Waals surface area contributed by atoms with Crippen molar-refractivity contribution < 1.29 is 30.3 Å². The first-order valence-electron chi connectivity index (χ1n) is 12.8. The highest BCUT2D eigenvalue weighted by molar-refractivity contribution is 4.96. The Morgan fingerprint density at radius 1 is 0.875 bits per heavy atom. The summed E-state index contributed by atoms with van der Waals surface area (Å²) in [5.74, 6) is -0.565. The fourth-order valence-electron chi connectivity index (χ4n) is 4.27. The lowest BCUT2D eigenvalue weighted by atomic mass is 9.81. The molecule has 7 N–H and O–H groups in total. The Morgan fingerprint density at radius 2 is 1.44 bits per heavy atom. The third-order valence-electron chi connectivity index (χ3n) is 6.58. The molecule has 1 aliphatic rings. The van der Waals surface area contributed by atoms with E-state index in [1.807, 2.05) is 6.08 Å². The lowest BCUT2D eigenvalue weighted by Crippen LogP contribution is -2.56. The Bertz CT molecular complexity index is 475. The average molecular weight is 460 g/mol. The van der Waals surface area contributed by atoms with Gasteiger partial charge in [-0.15, -0.1) is 0 Å². The molecule has 1 aliphatic carbocycles. The van der Waals surface area contributed by atoms with Gasteiger partial charge in [-0.1, -0.05) is 83.3 Å². The molecule has 7 nitrogen and oxygen atoms in total. The van der Waals surface area contributed by atoms with Gasteiger partial charge in [-0.05, 0) is 19.3 Å². The maximum atomic E-state index is 10.2. The van der Waals surface area contributed by atoms with Crippen LogP contribution in [0.25, 0.3) is 0 Å². The van der Waals surface area contributed by atoms with Crippen molar-refractivity contribution in [2.75, 3.05) is 13.2 Å². The van der Waals surface area contributed by atoms with E-state index in [-0.39, 0.29) is 19.6 Å². The van der Waals surface area contributed by atoms with Gasteiger partial charge in [-0.2, -0.15) is 0 Å². The summed E-state index contributed by atoms with van der Waals surface area (Å²) in [5.41, 5.74) is 5.99. The van der Waals surface area contributed by atoms with Gasteiger partial charge in [-0.3, -0.25) is 0 Å². The standard InChI is InChI=1S/C25H49NO6/c1-2-3-4-5-6-7-8-9-10-11-12-13-14-15-21(28)20(26)18-32-22-16-19(17-27)23(29)25(31)24(22)30/h14-15,19-25,27-31H,2-13,16-18,26H2,1H3/t19?,20-,21+,22?,23?,24?,25?/m0/s1. The van der Waals surface area contributed by atoms with Crippen LogP contribution in [0.1, 0.15) is 90.4 Å². The van der Waals surface area contributed by atoms with Crippen molar-refractivity contribution in [1.29, 1.82) is 0 Å². The molecule has 0 radical (unpaired) electrons. The molecule has 0 saturated heterocycles. The van der Waals surface area contributed by atoms with Crippen LogP contribution in [0.2, 0.25) is 0 Å². The fraction of sp³-hybridized carbons (Fsp3) is 0.920. The number of hydrogen-bond donors (Lipinski definition) is 6. The fourth-order valence-corrected chi connectivity index (χ4v) is 4.27. The summed E-state index contributed by atoms with van der Waals surface area (Å²) < 4.78 is 5.60. The Morgan fingerprint density at radius 3 is 2.00 bits per heavy atom. The van der Waals surface area contributed by atoms with Crippen LogP contribution in [0.5, 0.6) is 0 Å². The molecule has 5 unspecified atom stereocenters. The lowest BCUT2D eigenvalue weighted by Gasteiger charge is -2.40. The minimum Gasteiger partial charge on any atom is -0.396 e. The van der Waals surface area contributed by atoms with Crippen LogP contribution in [0.3, 0.4) is 0 Å². The van der Waals surface area contributed by atoms with E-state index in [1.165, 1.54) is 64.2 Å². The molecule has 0 spiro atoms. The monoisotopic (exact) mass is 459 g/mol. The first-order chi connectivity index (χ1) is 15.4. The first kappa shape index (κ1) is 29.5. The number of unbranched alkanes of at least 4 members (excludes halogenated alkanes) is 11. The first-order valence-corrected chi connectivity index (χ1v) is 12.8. The molecule has 0 bridgehead atoms. The molecular formula is C25H49NO6. The van der Waals surface area contributed by atoms with Crippen molar-refractivity contribution in [3.8, 4) is 0 Å². The number of aliphatic hydroxyl groups excluding tert-OH is 5. The number of rotatable bonds is 18. The second-order valence-corrected chi connectivity index (χ2v) is 9.43. The number of nitrogens with two attached hydrogens (primary N) is 1. The maximum absolute atomic E-state index is 10.2. The molecule has 1 saturated carbocycles. The van der Waals surface area contributed by atoms with Gasteiger partial charge >= 0.3 is 0 Å². The highest BCUT2D eigenvalue weighted by atomic mass is 16.5. The van der Waals surface area contributed by atoms with Gasteiger partial charge in [0.2, 0.25) is 0 Å². The van der Waals surface area contributed by atoms with Crippen LogP contribution in [0.4, 0.5) is 0 Å². The normalized spacial score (nSPS) is 28.3. The van der Waals surface area contributed by atoms with E-state index in [0.717, 1.165) is 12.8 Å². The summed E-state index contributed by atoms with van der Waals surface area (Å²) in [6, 6.07) is -0.660. The summed E-state index contributed by atoms with van der Waals surface area (Å²) in [4.78, 5) is 0. The molecule has 32 heavy (non-hydrogen) atoms. The largest absolute Gasteiger partial charge is 0.396 e. The minimum atomic E-state index is -1.38. The molecule has 0 aromatic carbocycles. The van der Waals surface area contributed by atoms with E-state index in [4.69, 9.17) is 10.5 Å². The summed E-state index contributed by atoms with van der Waals surface area (Å²) in [7, 11) is 0. The van der Waals surface area contributed by atoms with Crippen LogP contribution >= 0.6 is 0 Å². The summed E-state index contributed by atoms with van der Waals surface area (Å²) in [6.07, 6.45) is 13.7. The maximum Gasteiger partial charge on any atom is 0.109 e. The van der Waals surface area contributed by atoms with Crippen LogP contribution in [-0.2, 0) is 4.74 Å². The molecule has 7 atom stereocenters. The molecular weight excluding hydrogens is 410 g/mol. The zero-order valence-corrected chi connectivity index (χ0v) is 20.0. The second-order valence-electron chi connectivity index (χ2n) is 9.43. The Kier molecular flexibility index (Phi) is 16.5. The zero-order chi connectivity index (χ0) is 23.8. The Balaban J connectivity index is 2.10. The predicted octanol–water partition coefficient (Wildman–Crippen LogP) is 2.41. The lowest BCUT2D eigenvalue weighted by molar-refractivity contribution is -0.179.